The smallest absolute Gasteiger partial charge is 0.0472 e. The van der Waals surface area contributed by atoms with Crippen LogP contribution >= 0.6 is 11.6 Å². The van der Waals surface area contributed by atoms with E-state index in [2.05, 4.69) is 36.9 Å². The fraction of sp³-hybridized carbons (Fsp3) is 0.625. The molecule has 1 atom stereocenters. The molecule has 1 fully saturated rings. The van der Waals surface area contributed by atoms with E-state index < -0.39 is 0 Å². The van der Waals surface area contributed by atoms with Crippen LogP contribution in [0.3, 0.4) is 0 Å². The Kier molecular flexibility index (Phi) is 5.44. The van der Waals surface area contributed by atoms with Gasteiger partial charge in [-0.05, 0) is 70.2 Å². The summed E-state index contributed by atoms with van der Waals surface area (Å²) in [5.74, 6) is 0. The molecule has 0 amide bonds. The summed E-state index contributed by atoms with van der Waals surface area (Å²) >= 11 is 6.06. The Morgan fingerprint density at radius 1 is 1.40 bits per heavy atom. The molecular formula is C16H26ClN3. The lowest BCUT2D eigenvalue weighted by atomic mass is 9.96. The first-order chi connectivity index (χ1) is 9.52. The Morgan fingerprint density at radius 2 is 2.05 bits per heavy atom. The highest BCUT2D eigenvalue weighted by Gasteiger charge is 2.26. The van der Waals surface area contributed by atoms with E-state index in [1.165, 1.54) is 37.1 Å². The van der Waals surface area contributed by atoms with Gasteiger partial charge in [-0.2, -0.15) is 0 Å². The monoisotopic (exact) mass is 295 g/mol. The molecule has 1 aromatic rings. The first-order valence-electron chi connectivity index (χ1n) is 7.39. The predicted molar refractivity (Wildman–Crippen MR) is 86.3 cm³/mol. The second-order valence-corrected chi connectivity index (χ2v) is 6.39. The topological polar surface area (TPSA) is 32.5 Å². The lowest BCUT2D eigenvalue weighted by Crippen LogP contribution is -2.45. The Labute approximate surface area is 127 Å². The minimum Gasteiger partial charge on any atom is -0.329 e. The number of likely N-dealkylation sites (N-methyl/N-ethyl adjacent to an activating group) is 1. The molecule has 1 saturated heterocycles. The second kappa shape index (κ2) is 6.90. The molecule has 1 unspecified atom stereocenters. The summed E-state index contributed by atoms with van der Waals surface area (Å²) in [5.41, 5.74) is 8.59. The van der Waals surface area contributed by atoms with Gasteiger partial charge in [-0.3, -0.25) is 4.90 Å². The van der Waals surface area contributed by atoms with Gasteiger partial charge in [-0.1, -0.05) is 17.7 Å². The van der Waals surface area contributed by atoms with Gasteiger partial charge in [0.05, 0.1) is 0 Å². The predicted octanol–water partition coefficient (Wildman–Crippen LogP) is 2.67. The molecule has 0 saturated carbocycles. The lowest BCUT2D eigenvalue weighted by Gasteiger charge is -2.39. The average Bonchev–Trinajstić information content (AvgIpc) is 2.42. The minimum atomic E-state index is 0.278. The summed E-state index contributed by atoms with van der Waals surface area (Å²) in [5, 5.41) is 0.795. The van der Waals surface area contributed by atoms with Crippen molar-refractivity contribution in [3.8, 4) is 0 Å². The first-order valence-corrected chi connectivity index (χ1v) is 7.77. The Hall–Kier alpha value is -0.610. The third-order valence-electron chi connectivity index (χ3n) is 4.57. The van der Waals surface area contributed by atoms with Gasteiger partial charge in [-0.15, -0.1) is 0 Å². The third kappa shape index (κ3) is 3.53. The minimum absolute atomic E-state index is 0.278. The van der Waals surface area contributed by atoms with Crippen LogP contribution in [0.2, 0.25) is 5.02 Å². The molecule has 2 rings (SSSR count). The van der Waals surface area contributed by atoms with Crippen molar-refractivity contribution in [2.24, 2.45) is 5.73 Å². The first kappa shape index (κ1) is 15.8. The van der Waals surface area contributed by atoms with Crippen molar-refractivity contribution in [1.82, 2.24) is 9.80 Å². The van der Waals surface area contributed by atoms with Crippen molar-refractivity contribution in [1.29, 1.82) is 0 Å². The molecule has 0 aliphatic carbocycles. The van der Waals surface area contributed by atoms with Crippen LogP contribution < -0.4 is 5.73 Å². The van der Waals surface area contributed by atoms with E-state index in [-0.39, 0.29) is 6.04 Å². The fourth-order valence-electron chi connectivity index (χ4n) is 3.18. The van der Waals surface area contributed by atoms with E-state index >= 15 is 0 Å². The molecule has 1 aliphatic rings. The van der Waals surface area contributed by atoms with E-state index in [4.69, 9.17) is 17.3 Å². The van der Waals surface area contributed by atoms with Crippen molar-refractivity contribution >= 4 is 11.6 Å². The highest BCUT2D eigenvalue weighted by atomic mass is 35.5. The maximum atomic E-state index is 6.06. The molecule has 112 valence electrons. The maximum absolute atomic E-state index is 6.06. The van der Waals surface area contributed by atoms with Crippen LogP contribution in [0.5, 0.6) is 0 Å². The molecule has 1 heterocycles. The standard InChI is InChI=1S/C16H26ClN3/c1-12-10-13(17)4-5-15(12)16(11-18)20(3)14-6-8-19(2)9-7-14/h4-5,10,14,16H,6-9,11,18H2,1-3H3. The highest BCUT2D eigenvalue weighted by molar-refractivity contribution is 6.30. The van der Waals surface area contributed by atoms with E-state index in [9.17, 15) is 0 Å². The van der Waals surface area contributed by atoms with Gasteiger partial charge in [0, 0.05) is 23.7 Å². The van der Waals surface area contributed by atoms with Crippen LogP contribution in [0.1, 0.15) is 30.0 Å². The van der Waals surface area contributed by atoms with E-state index in [0.29, 0.717) is 12.6 Å². The number of hydrogen-bond acceptors (Lipinski definition) is 3. The van der Waals surface area contributed by atoms with Gasteiger partial charge in [0.2, 0.25) is 0 Å². The SMILES string of the molecule is Cc1cc(Cl)ccc1C(CN)N(C)C1CCN(C)CC1. The summed E-state index contributed by atoms with van der Waals surface area (Å²) in [6.45, 7) is 5.11. The molecule has 1 aliphatic heterocycles. The van der Waals surface area contributed by atoms with Gasteiger partial charge >= 0.3 is 0 Å². The molecule has 3 nitrogen and oxygen atoms in total. The number of nitrogens with zero attached hydrogens (tertiary/aromatic N) is 2. The van der Waals surface area contributed by atoms with Crippen molar-refractivity contribution in [3.63, 3.8) is 0 Å². The summed E-state index contributed by atoms with van der Waals surface area (Å²) in [6, 6.07) is 7.02. The summed E-state index contributed by atoms with van der Waals surface area (Å²) in [7, 11) is 4.40. The summed E-state index contributed by atoms with van der Waals surface area (Å²) < 4.78 is 0. The third-order valence-corrected chi connectivity index (χ3v) is 4.80. The Balaban J connectivity index is 2.14. The van der Waals surface area contributed by atoms with Crippen molar-refractivity contribution in [3.05, 3.63) is 34.3 Å². The second-order valence-electron chi connectivity index (χ2n) is 5.95. The van der Waals surface area contributed by atoms with Crippen LogP contribution in [0.15, 0.2) is 18.2 Å². The molecule has 0 spiro atoms. The van der Waals surface area contributed by atoms with Gasteiger partial charge in [-0.25, -0.2) is 0 Å². The fourth-order valence-corrected chi connectivity index (χ4v) is 3.41. The Morgan fingerprint density at radius 3 is 2.60 bits per heavy atom. The van der Waals surface area contributed by atoms with Gasteiger partial charge in [0.25, 0.3) is 0 Å². The van der Waals surface area contributed by atoms with Crippen LogP contribution in [-0.4, -0.2) is 49.6 Å². The number of halogens is 1. The number of benzene rings is 1. The molecule has 2 N–H and O–H groups in total. The van der Waals surface area contributed by atoms with E-state index in [1.807, 2.05) is 12.1 Å². The van der Waals surface area contributed by atoms with Crippen LogP contribution in [0.25, 0.3) is 0 Å². The van der Waals surface area contributed by atoms with Gasteiger partial charge in [0.15, 0.2) is 0 Å². The maximum Gasteiger partial charge on any atom is 0.0472 e. The number of aryl methyl sites for hydroxylation is 1. The number of rotatable bonds is 4. The Bertz CT molecular complexity index is 441. The largest absolute Gasteiger partial charge is 0.329 e. The van der Waals surface area contributed by atoms with Gasteiger partial charge in [0.1, 0.15) is 0 Å². The van der Waals surface area contributed by atoms with E-state index in [1.54, 1.807) is 0 Å². The molecule has 0 radical (unpaired) electrons. The van der Waals surface area contributed by atoms with Crippen LogP contribution in [-0.2, 0) is 0 Å². The van der Waals surface area contributed by atoms with E-state index in [0.717, 1.165) is 5.02 Å². The molecular weight excluding hydrogens is 270 g/mol. The normalized spacial score (nSPS) is 19.5. The summed E-state index contributed by atoms with van der Waals surface area (Å²) in [6.07, 6.45) is 2.44. The number of hydrogen-bond donors (Lipinski definition) is 1. The van der Waals surface area contributed by atoms with Crippen molar-refractivity contribution in [2.45, 2.75) is 31.8 Å². The molecule has 0 bridgehead atoms. The quantitative estimate of drug-likeness (QED) is 0.927. The molecule has 4 heteroatoms. The zero-order chi connectivity index (χ0) is 14.7. The highest BCUT2D eigenvalue weighted by Crippen LogP contribution is 2.28. The van der Waals surface area contributed by atoms with Crippen molar-refractivity contribution in [2.75, 3.05) is 33.7 Å². The molecule has 20 heavy (non-hydrogen) atoms. The van der Waals surface area contributed by atoms with Crippen LogP contribution in [0, 0.1) is 6.92 Å². The number of piperidine rings is 1. The zero-order valence-corrected chi connectivity index (χ0v) is 13.5. The van der Waals surface area contributed by atoms with Crippen molar-refractivity contribution < 1.29 is 0 Å². The lowest BCUT2D eigenvalue weighted by molar-refractivity contribution is 0.109. The summed E-state index contributed by atoms with van der Waals surface area (Å²) in [4.78, 5) is 4.86. The number of nitrogens with two attached hydrogens (primary N) is 1. The molecule has 0 aromatic heterocycles. The number of likely N-dealkylation sites (tertiary alicyclic amines) is 1. The zero-order valence-electron chi connectivity index (χ0n) is 12.8. The van der Waals surface area contributed by atoms with Gasteiger partial charge < -0.3 is 10.6 Å². The van der Waals surface area contributed by atoms with Crippen LogP contribution in [0.4, 0.5) is 0 Å². The average molecular weight is 296 g/mol. The molecule has 1 aromatic carbocycles.